The summed E-state index contributed by atoms with van der Waals surface area (Å²) in [4.78, 5) is 25.0. The van der Waals surface area contributed by atoms with Crippen molar-refractivity contribution < 1.29 is 14.7 Å². The van der Waals surface area contributed by atoms with Gasteiger partial charge in [0.2, 0.25) is 5.91 Å². The van der Waals surface area contributed by atoms with Crippen LogP contribution in [0.1, 0.15) is 17.2 Å². The van der Waals surface area contributed by atoms with Gasteiger partial charge in [-0.05, 0) is 18.4 Å². The molecule has 2 rings (SSSR count). The van der Waals surface area contributed by atoms with E-state index in [0.29, 0.717) is 0 Å². The molecule has 86 valence electrons. The lowest BCUT2D eigenvalue weighted by Crippen LogP contribution is -2.34. The highest BCUT2D eigenvalue weighted by atomic mass is 32.2. The van der Waals surface area contributed by atoms with Gasteiger partial charge in [0.15, 0.2) is 0 Å². The lowest BCUT2D eigenvalue weighted by Gasteiger charge is -2.20. The summed E-state index contributed by atoms with van der Waals surface area (Å²) in [7, 11) is 0. The molecule has 1 aliphatic heterocycles. The molecule has 0 aromatic carbocycles. The Morgan fingerprint density at radius 1 is 1.62 bits per heavy atom. The molecule has 1 fully saturated rings. The van der Waals surface area contributed by atoms with Crippen LogP contribution in [0.25, 0.3) is 0 Å². The van der Waals surface area contributed by atoms with E-state index in [1.165, 1.54) is 16.7 Å². The number of rotatable bonds is 3. The first kappa shape index (κ1) is 11.5. The molecule has 1 amide bonds. The molecule has 0 aliphatic carbocycles. The van der Waals surface area contributed by atoms with Gasteiger partial charge in [-0.15, -0.1) is 23.1 Å². The number of carboxylic acid groups (broad SMARTS) is 1. The maximum Gasteiger partial charge on any atom is 0.323 e. The predicted molar refractivity (Wildman–Crippen MR) is 63.5 cm³/mol. The number of carbonyl (C=O) groups is 2. The molecule has 1 N–H and O–H groups in total. The molecular weight excluding hydrogens is 246 g/mol. The Balaban J connectivity index is 2.23. The van der Waals surface area contributed by atoms with Crippen LogP contribution in [0.15, 0.2) is 17.5 Å². The standard InChI is InChI=1S/C10H11NO3S2/c1-6-9(14)11(5-8(12)13)10(16-6)7-3-2-4-15-7/h2-4,6,10H,5H2,1H3,(H,12,13). The van der Waals surface area contributed by atoms with Crippen molar-refractivity contribution in [3.05, 3.63) is 22.4 Å². The minimum atomic E-state index is -0.968. The van der Waals surface area contributed by atoms with Crippen LogP contribution in [0.2, 0.25) is 0 Å². The van der Waals surface area contributed by atoms with E-state index in [1.807, 2.05) is 24.4 Å². The van der Waals surface area contributed by atoms with E-state index >= 15 is 0 Å². The fraction of sp³-hybridized carbons (Fsp3) is 0.400. The largest absolute Gasteiger partial charge is 0.480 e. The van der Waals surface area contributed by atoms with Gasteiger partial charge in [-0.2, -0.15) is 0 Å². The minimum Gasteiger partial charge on any atom is -0.480 e. The van der Waals surface area contributed by atoms with Crippen LogP contribution in [0.5, 0.6) is 0 Å². The lowest BCUT2D eigenvalue weighted by atomic mass is 10.3. The van der Waals surface area contributed by atoms with Gasteiger partial charge in [-0.25, -0.2) is 0 Å². The number of carbonyl (C=O) groups excluding carboxylic acids is 1. The first-order chi connectivity index (χ1) is 7.59. The molecule has 0 saturated carbocycles. The molecule has 16 heavy (non-hydrogen) atoms. The second-order valence-corrected chi connectivity index (χ2v) is 5.91. The average molecular weight is 257 g/mol. The highest BCUT2D eigenvalue weighted by Gasteiger charge is 2.39. The van der Waals surface area contributed by atoms with Crippen molar-refractivity contribution in [2.75, 3.05) is 6.54 Å². The molecule has 6 heteroatoms. The van der Waals surface area contributed by atoms with Crippen LogP contribution in [0.4, 0.5) is 0 Å². The monoisotopic (exact) mass is 257 g/mol. The third-order valence-electron chi connectivity index (χ3n) is 2.34. The molecule has 0 bridgehead atoms. The van der Waals surface area contributed by atoms with Crippen LogP contribution in [-0.4, -0.2) is 33.7 Å². The fourth-order valence-electron chi connectivity index (χ4n) is 1.63. The highest BCUT2D eigenvalue weighted by Crippen LogP contribution is 2.44. The van der Waals surface area contributed by atoms with Crippen LogP contribution in [0, 0.1) is 0 Å². The molecule has 1 aliphatic rings. The van der Waals surface area contributed by atoms with Gasteiger partial charge in [0.05, 0.1) is 5.25 Å². The van der Waals surface area contributed by atoms with Crippen molar-refractivity contribution in [3.63, 3.8) is 0 Å². The van der Waals surface area contributed by atoms with Gasteiger partial charge < -0.3 is 10.0 Å². The number of thioether (sulfide) groups is 1. The van der Waals surface area contributed by atoms with E-state index < -0.39 is 5.97 Å². The summed E-state index contributed by atoms with van der Waals surface area (Å²) in [5, 5.41) is 10.4. The van der Waals surface area contributed by atoms with Crippen molar-refractivity contribution in [1.82, 2.24) is 4.90 Å². The number of carboxylic acids is 1. The predicted octanol–water partition coefficient (Wildman–Crippen LogP) is 1.80. The minimum absolute atomic E-state index is 0.0919. The number of hydrogen-bond donors (Lipinski definition) is 1. The Labute approximate surface area is 101 Å². The van der Waals surface area contributed by atoms with Gasteiger partial charge in [-0.1, -0.05) is 6.07 Å². The van der Waals surface area contributed by atoms with Gasteiger partial charge in [0.25, 0.3) is 0 Å². The molecule has 2 heterocycles. The molecule has 1 saturated heterocycles. The highest BCUT2D eigenvalue weighted by molar-refractivity contribution is 8.01. The van der Waals surface area contributed by atoms with Crippen molar-refractivity contribution in [2.24, 2.45) is 0 Å². The molecule has 4 nitrogen and oxygen atoms in total. The first-order valence-corrected chi connectivity index (χ1v) is 6.63. The van der Waals surface area contributed by atoms with E-state index in [4.69, 9.17) is 5.11 Å². The summed E-state index contributed by atoms with van der Waals surface area (Å²) in [5.74, 6) is -1.06. The fourth-order valence-corrected chi connectivity index (χ4v) is 3.86. The zero-order chi connectivity index (χ0) is 11.7. The number of hydrogen-bond acceptors (Lipinski definition) is 4. The van der Waals surface area contributed by atoms with Crippen molar-refractivity contribution in [1.29, 1.82) is 0 Å². The van der Waals surface area contributed by atoms with Crippen molar-refractivity contribution in [2.45, 2.75) is 17.5 Å². The quantitative estimate of drug-likeness (QED) is 0.897. The smallest absolute Gasteiger partial charge is 0.323 e. The number of thiophene rings is 1. The van der Waals surface area contributed by atoms with Crippen molar-refractivity contribution >= 4 is 35.0 Å². The normalized spacial score (nSPS) is 25.1. The summed E-state index contributed by atoms with van der Waals surface area (Å²) < 4.78 is 0. The Morgan fingerprint density at radius 3 is 2.94 bits per heavy atom. The van der Waals surface area contributed by atoms with E-state index in [-0.39, 0.29) is 23.1 Å². The summed E-state index contributed by atoms with van der Waals surface area (Å²) in [6.07, 6.45) is 0. The molecule has 0 spiro atoms. The van der Waals surface area contributed by atoms with E-state index in [1.54, 1.807) is 11.3 Å². The van der Waals surface area contributed by atoms with Gasteiger partial charge in [0, 0.05) is 4.88 Å². The Hall–Kier alpha value is -1.01. The number of nitrogens with zero attached hydrogens (tertiary/aromatic N) is 1. The second-order valence-electron chi connectivity index (χ2n) is 3.51. The Kier molecular flexibility index (Phi) is 3.20. The van der Waals surface area contributed by atoms with Gasteiger partial charge >= 0.3 is 5.97 Å². The van der Waals surface area contributed by atoms with Gasteiger partial charge in [0.1, 0.15) is 11.9 Å². The van der Waals surface area contributed by atoms with Gasteiger partial charge in [-0.3, -0.25) is 9.59 Å². The lowest BCUT2D eigenvalue weighted by molar-refractivity contribution is -0.144. The zero-order valence-electron chi connectivity index (χ0n) is 8.62. The Morgan fingerprint density at radius 2 is 2.38 bits per heavy atom. The summed E-state index contributed by atoms with van der Waals surface area (Å²) in [6, 6.07) is 3.84. The molecule has 2 atom stereocenters. The van der Waals surface area contributed by atoms with E-state index in [9.17, 15) is 9.59 Å². The third-order valence-corrected chi connectivity index (χ3v) is 4.79. The molecule has 2 unspecified atom stereocenters. The van der Waals surface area contributed by atoms with E-state index in [0.717, 1.165) is 4.88 Å². The summed E-state index contributed by atoms with van der Waals surface area (Å²) >= 11 is 3.05. The molecular formula is C10H11NO3S2. The number of aliphatic carboxylic acids is 1. The first-order valence-electron chi connectivity index (χ1n) is 4.80. The summed E-state index contributed by atoms with van der Waals surface area (Å²) in [5.41, 5.74) is 0. The SMILES string of the molecule is CC1SC(c2cccs2)N(CC(=O)O)C1=O. The van der Waals surface area contributed by atoms with E-state index in [2.05, 4.69) is 0 Å². The summed E-state index contributed by atoms with van der Waals surface area (Å²) in [6.45, 7) is 1.59. The van der Waals surface area contributed by atoms with Crippen LogP contribution >= 0.6 is 23.1 Å². The van der Waals surface area contributed by atoms with Crippen LogP contribution in [-0.2, 0) is 9.59 Å². The third kappa shape index (κ3) is 2.08. The topological polar surface area (TPSA) is 57.6 Å². The average Bonchev–Trinajstić information content (AvgIpc) is 2.81. The Bertz CT molecular complexity index is 404. The maximum absolute atomic E-state index is 11.8. The van der Waals surface area contributed by atoms with Crippen LogP contribution in [0.3, 0.4) is 0 Å². The zero-order valence-corrected chi connectivity index (χ0v) is 10.3. The maximum atomic E-state index is 11.8. The molecule has 1 aromatic heterocycles. The van der Waals surface area contributed by atoms with Crippen molar-refractivity contribution in [3.8, 4) is 0 Å². The molecule has 0 radical (unpaired) electrons. The second kappa shape index (κ2) is 4.47. The van der Waals surface area contributed by atoms with Crippen LogP contribution < -0.4 is 0 Å². The molecule has 1 aromatic rings. The number of amides is 1.